The maximum absolute atomic E-state index is 11.7. The van der Waals surface area contributed by atoms with Crippen molar-refractivity contribution in [1.82, 2.24) is 5.32 Å². The van der Waals surface area contributed by atoms with Gasteiger partial charge in [-0.3, -0.25) is 4.79 Å². The van der Waals surface area contributed by atoms with Crippen LogP contribution in [0.5, 0.6) is 0 Å². The Balaban J connectivity index is 3.60. The lowest BCUT2D eigenvalue weighted by atomic mass is 9.84. The Bertz CT molecular complexity index is 268. The first-order chi connectivity index (χ1) is 8.66. The molecule has 0 fully saturated rings. The average Bonchev–Trinajstić information content (AvgIpc) is 2.24. The van der Waals surface area contributed by atoms with E-state index in [-0.39, 0.29) is 24.5 Å². The number of ether oxygens (including phenoxy) is 1. The van der Waals surface area contributed by atoms with Gasteiger partial charge in [-0.25, -0.2) is 0 Å². The van der Waals surface area contributed by atoms with Crippen molar-refractivity contribution < 1.29 is 22.7 Å². The lowest BCUT2D eigenvalue weighted by Crippen LogP contribution is -2.30. The Morgan fingerprint density at radius 1 is 1.26 bits per heavy atom. The van der Waals surface area contributed by atoms with Crippen molar-refractivity contribution in [2.24, 2.45) is 11.1 Å². The van der Waals surface area contributed by atoms with Crippen LogP contribution in [0.25, 0.3) is 0 Å². The summed E-state index contributed by atoms with van der Waals surface area (Å²) in [6.45, 7) is 3.29. The van der Waals surface area contributed by atoms with Crippen molar-refractivity contribution in [2.75, 3.05) is 26.3 Å². The predicted octanol–water partition coefficient (Wildman–Crippen LogP) is 1.84. The van der Waals surface area contributed by atoms with Gasteiger partial charge in [-0.15, -0.1) is 0 Å². The molecule has 114 valence electrons. The number of rotatable bonds is 9. The molecule has 0 bridgehead atoms. The maximum atomic E-state index is 11.7. The van der Waals surface area contributed by atoms with E-state index >= 15 is 0 Å². The topological polar surface area (TPSA) is 64.4 Å². The number of amides is 1. The third-order valence-electron chi connectivity index (χ3n) is 2.68. The summed E-state index contributed by atoms with van der Waals surface area (Å²) in [5.41, 5.74) is 5.46. The fraction of sp³-hybridized carbons (Fsp3) is 0.917. The summed E-state index contributed by atoms with van der Waals surface area (Å²) in [5, 5.41) is 2.52. The van der Waals surface area contributed by atoms with E-state index in [0.29, 0.717) is 19.4 Å². The molecule has 0 saturated heterocycles. The second-order valence-corrected chi connectivity index (χ2v) is 5.22. The largest absolute Gasteiger partial charge is 0.411 e. The Morgan fingerprint density at radius 2 is 1.89 bits per heavy atom. The minimum atomic E-state index is -4.32. The van der Waals surface area contributed by atoms with Crippen LogP contribution in [0, 0.1) is 5.41 Å². The van der Waals surface area contributed by atoms with E-state index < -0.39 is 12.8 Å². The molecular formula is C12H23F3N2O2. The molecule has 0 aliphatic rings. The normalized spacial score (nSPS) is 12.5. The lowest BCUT2D eigenvalue weighted by Gasteiger charge is -2.23. The number of carbonyl (C=O) groups excluding carboxylic acids is 1. The van der Waals surface area contributed by atoms with Gasteiger partial charge in [-0.1, -0.05) is 13.8 Å². The van der Waals surface area contributed by atoms with Crippen molar-refractivity contribution >= 4 is 5.91 Å². The molecule has 0 saturated carbocycles. The number of nitrogens with one attached hydrogen (secondary N) is 1. The minimum Gasteiger partial charge on any atom is -0.370 e. The molecule has 0 atom stereocenters. The summed E-state index contributed by atoms with van der Waals surface area (Å²) in [6.07, 6.45) is -2.46. The number of carbonyl (C=O) groups is 1. The third-order valence-corrected chi connectivity index (χ3v) is 2.68. The fourth-order valence-electron chi connectivity index (χ4n) is 1.51. The zero-order chi connectivity index (χ0) is 14.9. The molecule has 0 rings (SSSR count). The molecule has 0 radical (unpaired) electrons. The number of alkyl halides is 3. The summed E-state index contributed by atoms with van der Waals surface area (Å²) < 4.78 is 39.6. The summed E-state index contributed by atoms with van der Waals surface area (Å²) in [4.78, 5) is 11.4. The van der Waals surface area contributed by atoms with Gasteiger partial charge in [0.15, 0.2) is 0 Å². The van der Waals surface area contributed by atoms with Crippen LogP contribution in [0.3, 0.4) is 0 Å². The molecule has 0 aromatic carbocycles. The highest BCUT2D eigenvalue weighted by atomic mass is 19.4. The van der Waals surface area contributed by atoms with Crippen molar-refractivity contribution in [1.29, 1.82) is 0 Å². The summed E-state index contributed by atoms with van der Waals surface area (Å²) >= 11 is 0. The smallest absolute Gasteiger partial charge is 0.370 e. The van der Waals surface area contributed by atoms with Gasteiger partial charge in [0.1, 0.15) is 6.61 Å². The molecule has 0 heterocycles. The highest BCUT2D eigenvalue weighted by molar-refractivity contribution is 5.75. The van der Waals surface area contributed by atoms with E-state index in [2.05, 4.69) is 10.1 Å². The quantitative estimate of drug-likeness (QED) is 0.635. The van der Waals surface area contributed by atoms with Gasteiger partial charge in [-0.05, 0) is 24.8 Å². The van der Waals surface area contributed by atoms with Crippen LogP contribution in [0.15, 0.2) is 0 Å². The van der Waals surface area contributed by atoms with Crippen molar-refractivity contribution in [3.8, 4) is 0 Å². The van der Waals surface area contributed by atoms with Crippen LogP contribution in [0.2, 0.25) is 0 Å². The maximum Gasteiger partial charge on any atom is 0.411 e. The van der Waals surface area contributed by atoms with Gasteiger partial charge in [0.2, 0.25) is 5.91 Å². The molecule has 0 aromatic heterocycles. The average molecular weight is 284 g/mol. The van der Waals surface area contributed by atoms with E-state index in [1.54, 1.807) is 0 Å². The first-order valence-corrected chi connectivity index (χ1v) is 6.27. The van der Waals surface area contributed by atoms with Crippen molar-refractivity contribution in [3.05, 3.63) is 0 Å². The van der Waals surface area contributed by atoms with Crippen molar-refractivity contribution in [3.63, 3.8) is 0 Å². The monoisotopic (exact) mass is 284 g/mol. The first-order valence-electron chi connectivity index (χ1n) is 6.27. The van der Waals surface area contributed by atoms with E-state index in [4.69, 9.17) is 5.73 Å². The van der Waals surface area contributed by atoms with Crippen LogP contribution in [0.1, 0.15) is 33.1 Å². The Kier molecular flexibility index (Phi) is 8.01. The molecule has 0 aliphatic carbocycles. The molecule has 1 amide bonds. The van der Waals surface area contributed by atoms with Gasteiger partial charge in [0.05, 0.1) is 6.61 Å². The Morgan fingerprint density at radius 3 is 2.42 bits per heavy atom. The minimum absolute atomic E-state index is 0.00112. The van der Waals surface area contributed by atoms with Crippen LogP contribution < -0.4 is 11.1 Å². The summed E-state index contributed by atoms with van der Waals surface area (Å²) in [6, 6.07) is 0. The zero-order valence-electron chi connectivity index (χ0n) is 11.5. The van der Waals surface area contributed by atoms with Gasteiger partial charge < -0.3 is 15.8 Å². The van der Waals surface area contributed by atoms with Gasteiger partial charge in [-0.2, -0.15) is 13.2 Å². The fourth-order valence-corrected chi connectivity index (χ4v) is 1.51. The molecule has 4 nitrogen and oxygen atoms in total. The van der Waals surface area contributed by atoms with Crippen LogP contribution in [-0.2, 0) is 9.53 Å². The van der Waals surface area contributed by atoms with E-state index in [1.807, 2.05) is 13.8 Å². The van der Waals surface area contributed by atoms with E-state index in [9.17, 15) is 18.0 Å². The molecule has 19 heavy (non-hydrogen) atoms. The van der Waals surface area contributed by atoms with Crippen molar-refractivity contribution in [2.45, 2.75) is 39.3 Å². The first kappa shape index (κ1) is 18.2. The molecule has 3 N–H and O–H groups in total. The standard InChI is InChI=1S/C12H23F3N2O2/c1-11(2,5-6-16)4-3-10(18)17-7-8-19-9-12(13,14)15/h3-9,16H2,1-2H3,(H,17,18). The second-order valence-electron chi connectivity index (χ2n) is 5.22. The number of hydrogen-bond donors (Lipinski definition) is 2. The van der Waals surface area contributed by atoms with Gasteiger partial charge in [0.25, 0.3) is 0 Å². The van der Waals surface area contributed by atoms with Gasteiger partial charge in [0, 0.05) is 13.0 Å². The molecule has 0 unspecified atom stereocenters. The van der Waals surface area contributed by atoms with Gasteiger partial charge >= 0.3 is 6.18 Å². The predicted molar refractivity (Wildman–Crippen MR) is 66.6 cm³/mol. The molecular weight excluding hydrogens is 261 g/mol. The zero-order valence-corrected chi connectivity index (χ0v) is 11.5. The highest BCUT2D eigenvalue weighted by Crippen LogP contribution is 2.25. The molecule has 0 aromatic rings. The second kappa shape index (κ2) is 8.37. The Hall–Kier alpha value is -0.820. The SMILES string of the molecule is CC(C)(CCN)CCC(=O)NCCOCC(F)(F)F. The number of hydrogen-bond acceptors (Lipinski definition) is 3. The third kappa shape index (κ3) is 12.0. The molecule has 0 aliphatic heterocycles. The summed E-state index contributed by atoms with van der Waals surface area (Å²) in [5.74, 6) is -0.180. The number of halogens is 3. The van der Waals surface area contributed by atoms with E-state index in [0.717, 1.165) is 6.42 Å². The Labute approximate surface area is 111 Å². The lowest BCUT2D eigenvalue weighted by molar-refractivity contribution is -0.173. The van der Waals surface area contributed by atoms with Crippen LogP contribution >= 0.6 is 0 Å². The molecule has 7 heteroatoms. The molecule has 0 spiro atoms. The number of nitrogens with two attached hydrogens (primary N) is 1. The van der Waals surface area contributed by atoms with Crippen LogP contribution in [0.4, 0.5) is 13.2 Å². The van der Waals surface area contributed by atoms with E-state index in [1.165, 1.54) is 0 Å². The highest BCUT2D eigenvalue weighted by Gasteiger charge is 2.27. The van der Waals surface area contributed by atoms with Crippen LogP contribution in [-0.4, -0.2) is 38.4 Å². The summed E-state index contributed by atoms with van der Waals surface area (Å²) in [7, 11) is 0.